The molecule has 1 fully saturated rings. The Balaban J connectivity index is 1.24. The summed E-state index contributed by atoms with van der Waals surface area (Å²) in [5, 5.41) is 1.35. The van der Waals surface area contributed by atoms with Crippen LogP contribution in [0.2, 0.25) is 0 Å². The summed E-state index contributed by atoms with van der Waals surface area (Å²) in [6.07, 6.45) is 1.48. The number of aromatic nitrogens is 2. The molecule has 208 valence electrons. The Kier molecular flexibility index (Phi) is 8.23. The van der Waals surface area contributed by atoms with Crippen LogP contribution >= 0.6 is 0 Å². The number of hydroxylamine groups is 2. The molecule has 1 aliphatic rings. The molecule has 0 spiro atoms. The number of carbonyl (C=O) groups excluding carboxylic acids is 2. The van der Waals surface area contributed by atoms with Crippen LogP contribution in [-0.2, 0) is 17.9 Å². The van der Waals surface area contributed by atoms with Gasteiger partial charge in [0.05, 0.1) is 23.1 Å². The Morgan fingerprint density at radius 2 is 1.45 bits per heavy atom. The quantitative estimate of drug-likeness (QED) is 0.232. The van der Waals surface area contributed by atoms with Crippen molar-refractivity contribution < 1.29 is 18.8 Å². The van der Waals surface area contributed by atoms with Crippen molar-refractivity contribution in [2.24, 2.45) is 5.92 Å². The fourth-order valence-electron chi connectivity index (χ4n) is 5.30. The summed E-state index contributed by atoms with van der Waals surface area (Å²) < 4.78 is 16.8. The normalized spacial score (nSPS) is 14.6. The molecule has 0 radical (unpaired) electrons. The van der Waals surface area contributed by atoms with Crippen LogP contribution < -0.4 is 5.69 Å². The lowest BCUT2D eigenvalue weighted by atomic mass is 9.89. The first-order valence-corrected chi connectivity index (χ1v) is 13.5. The van der Waals surface area contributed by atoms with Gasteiger partial charge in [0.15, 0.2) is 5.78 Å². The van der Waals surface area contributed by atoms with Crippen LogP contribution in [0.5, 0.6) is 0 Å². The number of likely N-dealkylation sites (tertiary alicyclic amines) is 1. The van der Waals surface area contributed by atoms with E-state index < -0.39 is 5.97 Å². The first-order chi connectivity index (χ1) is 19.3. The number of hydrogen-bond donors (Lipinski definition) is 0. The molecule has 4 aromatic rings. The van der Waals surface area contributed by atoms with Crippen molar-refractivity contribution >= 4 is 22.8 Å². The molecule has 8 nitrogen and oxygen atoms in total. The van der Waals surface area contributed by atoms with E-state index in [1.807, 2.05) is 41.0 Å². The van der Waals surface area contributed by atoms with E-state index in [0.29, 0.717) is 30.8 Å². The number of hydrogen-bond acceptors (Lipinski definition) is 6. The average Bonchev–Trinajstić information content (AvgIpc) is 3.22. The second kappa shape index (κ2) is 12.0. The van der Waals surface area contributed by atoms with Crippen LogP contribution in [0.25, 0.3) is 11.0 Å². The molecule has 0 bridgehead atoms. The minimum absolute atomic E-state index is 0.0672. The van der Waals surface area contributed by atoms with Crippen molar-refractivity contribution in [2.75, 3.05) is 33.7 Å². The summed E-state index contributed by atoms with van der Waals surface area (Å²) in [7, 11) is 3.29. The number of ketones is 1. The zero-order chi connectivity index (χ0) is 28.2. The second-order valence-electron chi connectivity index (χ2n) is 10.4. The molecule has 5 rings (SSSR count). The van der Waals surface area contributed by atoms with Crippen LogP contribution in [0.3, 0.4) is 0 Å². The average molecular weight is 545 g/mol. The summed E-state index contributed by atoms with van der Waals surface area (Å²) in [5.41, 5.74) is 3.54. The van der Waals surface area contributed by atoms with Crippen molar-refractivity contribution in [2.45, 2.75) is 25.9 Å². The highest BCUT2D eigenvalue weighted by Crippen LogP contribution is 2.22. The van der Waals surface area contributed by atoms with Crippen molar-refractivity contribution in [3.8, 4) is 0 Å². The highest BCUT2D eigenvalue weighted by molar-refractivity contribution is 5.97. The molecule has 1 aromatic heterocycles. The summed E-state index contributed by atoms with van der Waals surface area (Å²) in [6, 6.07) is 20.6. The Morgan fingerprint density at radius 3 is 2.08 bits per heavy atom. The third kappa shape index (κ3) is 6.05. The lowest BCUT2D eigenvalue weighted by Gasteiger charge is -2.31. The number of imidazole rings is 1. The van der Waals surface area contributed by atoms with E-state index in [1.165, 1.54) is 17.2 Å². The molecular weight excluding hydrogens is 511 g/mol. The monoisotopic (exact) mass is 544 g/mol. The van der Waals surface area contributed by atoms with Gasteiger partial charge in [-0.3, -0.25) is 13.9 Å². The largest absolute Gasteiger partial charge is 0.364 e. The summed E-state index contributed by atoms with van der Waals surface area (Å²) in [6.45, 7) is 3.17. The third-order valence-corrected chi connectivity index (χ3v) is 7.45. The number of halogens is 1. The van der Waals surface area contributed by atoms with E-state index in [-0.39, 0.29) is 23.2 Å². The van der Waals surface area contributed by atoms with Crippen LogP contribution in [0.4, 0.5) is 4.39 Å². The first kappa shape index (κ1) is 27.5. The Labute approximate surface area is 232 Å². The molecular formula is C31H33FN4O4. The maximum Gasteiger partial charge on any atom is 0.356 e. The molecule has 40 heavy (non-hydrogen) atoms. The molecule has 0 saturated carbocycles. The predicted octanol–water partition coefficient (Wildman–Crippen LogP) is 4.22. The van der Waals surface area contributed by atoms with Crippen molar-refractivity contribution in [1.29, 1.82) is 0 Å². The molecule has 3 aromatic carbocycles. The molecule has 2 heterocycles. The number of carbonyl (C=O) groups is 2. The number of rotatable bonds is 9. The van der Waals surface area contributed by atoms with Gasteiger partial charge in [0, 0.05) is 38.7 Å². The molecule has 0 unspecified atom stereocenters. The Bertz CT molecular complexity index is 1550. The molecule has 0 amide bonds. The fourth-order valence-corrected chi connectivity index (χ4v) is 5.30. The Hall–Kier alpha value is -4.08. The lowest BCUT2D eigenvalue weighted by Crippen LogP contribution is -2.39. The van der Waals surface area contributed by atoms with Gasteiger partial charge in [-0.15, -0.1) is 5.06 Å². The lowest BCUT2D eigenvalue weighted by molar-refractivity contribution is -0.0713. The zero-order valence-corrected chi connectivity index (χ0v) is 22.8. The van der Waals surface area contributed by atoms with Gasteiger partial charge in [0.25, 0.3) is 0 Å². The van der Waals surface area contributed by atoms with Gasteiger partial charge in [0.2, 0.25) is 0 Å². The van der Waals surface area contributed by atoms with Gasteiger partial charge < -0.3 is 9.74 Å². The molecule has 1 aliphatic heterocycles. The van der Waals surface area contributed by atoms with E-state index in [1.54, 1.807) is 42.9 Å². The SMILES string of the molecule is CN(C)OC(=O)c1ccc(Cn2c(=O)n(CCN3CCC(C(=O)c4ccc(F)cc4)CC3)c3ccccc32)cc1. The molecule has 0 atom stereocenters. The number of para-hydroxylation sites is 2. The van der Waals surface area contributed by atoms with Gasteiger partial charge >= 0.3 is 11.7 Å². The van der Waals surface area contributed by atoms with Crippen LogP contribution in [-0.4, -0.2) is 64.6 Å². The maximum absolute atomic E-state index is 13.5. The van der Waals surface area contributed by atoms with Crippen LogP contribution in [0.1, 0.15) is 39.1 Å². The van der Waals surface area contributed by atoms with E-state index in [2.05, 4.69) is 4.90 Å². The number of benzene rings is 3. The summed E-state index contributed by atoms with van der Waals surface area (Å²) in [4.78, 5) is 45.9. The highest BCUT2D eigenvalue weighted by Gasteiger charge is 2.26. The van der Waals surface area contributed by atoms with E-state index >= 15 is 0 Å². The van der Waals surface area contributed by atoms with Crippen LogP contribution in [0, 0.1) is 11.7 Å². The number of fused-ring (bicyclic) bond motifs is 1. The van der Waals surface area contributed by atoms with E-state index in [0.717, 1.165) is 42.5 Å². The second-order valence-corrected chi connectivity index (χ2v) is 10.4. The number of Topliss-reactive ketones (excluding diaryl/α,β-unsaturated/α-hetero) is 1. The molecule has 1 saturated heterocycles. The molecule has 0 N–H and O–H groups in total. The number of nitrogens with zero attached hydrogens (tertiary/aromatic N) is 4. The van der Waals surface area contributed by atoms with E-state index in [9.17, 15) is 18.8 Å². The number of piperidine rings is 1. The standard InChI is InChI=1S/C31H33FN4O4/c1-33(2)40-30(38)25-9-7-22(8-10-25)21-36-28-6-4-3-5-27(28)35(31(36)39)20-19-34-17-15-24(16-18-34)29(37)23-11-13-26(32)14-12-23/h3-14,24H,15-21H2,1-2H3. The van der Waals surface area contributed by atoms with Crippen molar-refractivity contribution in [1.82, 2.24) is 19.1 Å². The van der Waals surface area contributed by atoms with Gasteiger partial charge in [-0.25, -0.2) is 14.0 Å². The van der Waals surface area contributed by atoms with Crippen molar-refractivity contribution in [3.05, 3.63) is 106 Å². The van der Waals surface area contributed by atoms with Crippen LogP contribution in [0.15, 0.2) is 77.6 Å². The van der Waals surface area contributed by atoms with Gasteiger partial charge in [-0.1, -0.05) is 24.3 Å². The summed E-state index contributed by atoms with van der Waals surface area (Å²) in [5.74, 6) is -0.777. The minimum Gasteiger partial charge on any atom is -0.364 e. The molecule has 9 heteroatoms. The smallest absolute Gasteiger partial charge is 0.356 e. The fraction of sp³-hybridized carbons (Fsp3) is 0.323. The van der Waals surface area contributed by atoms with Gasteiger partial charge in [-0.05, 0) is 80.0 Å². The van der Waals surface area contributed by atoms with E-state index in [4.69, 9.17) is 4.84 Å². The zero-order valence-electron chi connectivity index (χ0n) is 22.8. The first-order valence-electron chi connectivity index (χ1n) is 13.5. The predicted molar refractivity (Wildman–Crippen MR) is 151 cm³/mol. The highest BCUT2D eigenvalue weighted by atomic mass is 19.1. The Morgan fingerprint density at radius 1 is 0.850 bits per heavy atom. The topological polar surface area (TPSA) is 76.8 Å². The maximum atomic E-state index is 13.5. The molecule has 0 aliphatic carbocycles. The van der Waals surface area contributed by atoms with Crippen molar-refractivity contribution in [3.63, 3.8) is 0 Å². The van der Waals surface area contributed by atoms with Gasteiger partial charge in [-0.2, -0.15) is 0 Å². The third-order valence-electron chi connectivity index (χ3n) is 7.45. The summed E-state index contributed by atoms with van der Waals surface area (Å²) >= 11 is 0. The van der Waals surface area contributed by atoms with Gasteiger partial charge in [0.1, 0.15) is 5.82 Å². The minimum atomic E-state index is -0.436.